The third-order valence-electron chi connectivity index (χ3n) is 3.37. The summed E-state index contributed by atoms with van der Waals surface area (Å²) < 4.78 is 0. The number of aryl methyl sites for hydroxylation is 2. The number of anilines is 1. The molecule has 0 aliphatic rings. The molecule has 2 nitrogen and oxygen atoms in total. The Labute approximate surface area is 119 Å². The summed E-state index contributed by atoms with van der Waals surface area (Å²) in [4.78, 5) is 4.47. The molecule has 2 aromatic carbocycles. The van der Waals surface area contributed by atoms with Gasteiger partial charge in [0.15, 0.2) is 0 Å². The standard InChI is InChI=1S/C18H18N2/c1-13-7-14(2)9-15(8-13)11-19-17-10-16-5-3-4-6-18(16)20-12-17/h3-10,12,19H,11H2,1-2H3. The van der Waals surface area contributed by atoms with Gasteiger partial charge in [-0.15, -0.1) is 0 Å². The van der Waals surface area contributed by atoms with Crippen LogP contribution in [0.1, 0.15) is 16.7 Å². The summed E-state index contributed by atoms with van der Waals surface area (Å²) in [6, 6.07) is 16.9. The second kappa shape index (κ2) is 5.33. The van der Waals surface area contributed by atoms with E-state index in [1.807, 2.05) is 24.4 Å². The van der Waals surface area contributed by atoms with Crippen molar-refractivity contribution in [2.24, 2.45) is 0 Å². The van der Waals surface area contributed by atoms with Gasteiger partial charge in [-0.25, -0.2) is 0 Å². The first-order valence-corrected chi connectivity index (χ1v) is 6.86. The van der Waals surface area contributed by atoms with Gasteiger partial charge in [-0.2, -0.15) is 0 Å². The van der Waals surface area contributed by atoms with Crippen molar-refractivity contribution in [2.75, 3.05) is 5.32 Å². The van der Waals surface area contributed by atoms with Crippen LogP contribution in [-0.4, -0.2) is 4.98 Å². The lowest BCUT2D eigenvalue weighted by Gasteiger charge is -2.09. The Kier molecular flexibility index (Phi) is 3.38. The molecule has 0 radical (unpaired) electrons. The van der Waals surface area contributed by atoms with Crippen LogP contribution in [0.15, 0.2) is 54.7 Å². The fraction of sp³-hybridized carbons (Fsp3) is 0.167. The topological polar surface area (TPSA) is 24.9 Å². The van der Waals surface area contributed by atoms with Gasteiger partial charge in [0, 0.05) is 11.9 Å². The molecule has 2 heteroatoms. The Morgan fingerprint density at radius 3 is 2.50 bits per heavy atom. The van der Waals surface area contributed by atoms with E-state index in [4.69, 9.17) is 0 Å². The summed E-state index contributed by atoms with van der Waals surface area (Å²) in [5, 5.41) is 4.61. The summed E-state index contributed by atoms with van der Waals surface area (Å²) in [6.45, 7) is 5.09. The minimum absolute atomic E-state index is 0.822. The van der Waals surface area contributed by atoms with Gasteiger partial charge >= 0.3 is 0 Å². The normalized spacial score (nSPS) is 10.7. The molecule has 0 unspecified atom stereocenters. The monoisotopic (exact) mass is 262 g/mol. The second-order valence-corrected chi connectivity index (χ2v) is 5.27. The SMILES string of the molecule is Cc1cc(C)cc(CNc2cnc3ccccc3c2)c1. The number of nitrogens with one attached hydrogen (secondary N) is 1. The van der Waals surface area contributed by atoms with Gasteiger partial charge in [-0.3, -0.25) is 4.98 Å². The molecule has 20 heavy (non-hydrogen) atoms. The smallest absolute Gasteiger partial charge is 0.0703 e. The minimum Gasteiger partial charge on any atom is -0.380 e. The van der Waals surface area contributed by atoms with Gasteiger partial charge in [-0.1, -0.05) is 47.5 Å². The fourth-order valence-electron chi connectivity index (χ4n) is 2.54. The van der Waals surface area contributed by atoms with Gasteiger partial charge < -0.3 is 5.32 Å². The van der Waals surface area contributed by atoms with Crippen LogP contribution in [-0.2, 0) is 6.54 Å². The lowest BCUT2D eigenvalue weighted by Crippen LogP contribution is -2.00. The summed E-state index contributed by atoms with van der Waals surface area (Å²) in [5.74, 6) is 0. The summed E-state index contributed by atoms with van der Waals surface area (Å²) >= 11 is 0. The zero-order valence-corrected chi connectivity index (χ0v) is 11.9. The van der Waals surface area contributed by atoms with E-state index in [-0.39, 0.29) is 0 Å². The average Bonchev–Trinajstić information content (AvgIpc) is 2.44. The number of para-hydroxylation sites is 1. The second-order valence-electron chi connectivity index (χ2n) is 5.27. The molecule has 3 rings (SSSR count). The highest BCUT2D eigenvalue weighted by molar-refractivity contribution is 5.81. The van der Waals surface area contributed by atoms with Gasteiger partial charge in [0.05, 0.1) is 17.4 Å². The molecular weight excluding hydrogens is 244 g/mol. The Bertz CT molecular complexity index is 727. The zero-order valence-electron chi connectivity index (χ0n) is 11.9. The first-order chi connectivity index (χ1) is 9.70. The van der Waals surface area contributed by atoms with Crippen molar-refractivity contribution in [3.05, 3.63) is 71.4 Å². The number of pyridine rings is 1. The van der Waals surface area contributed by atoms with Crippen molar-refractivity contribution < 1.29 is 0 Å². The van der Waals surface area contributed by atoms with Gasteiger partial charge in [-0.05, 0) is 31.5 Å². The molecule has 3 aromatic rings. The number of benzene rings is 2. The van der Waals surface area contributed by atoms with Crippen LogP contribution in [0.25, 0.3) is 10.9 Å². The lowest BCUT2D eigenvalue weighted by atomic mass is 10.1. The Morgan fingerprint density at radius 1 is 0.950 bits per heavy atom. The van der Waals surface area contributed by atoms with Crippen LogP contribution in [0, 0.1) is 13.8 Å². The molecule has 0 saturated heterocycles. The summed E-state index contributed by atoms with van der Waals surface area (Å²) in [7, 11) is 0. The maximum absolute atomic E-state index is 4.47. The van der Waals surface area contributed by atoms with E-state index in [1.54, 1.807) is 0 Å². The Hall–Kier alpha value is -2.35. The number of aromatic nitrogens is 1. The van der Waals surface area contributed by atoms with Crippen LogP contribution in [0.3, 0.4) is 0 Å². The molecule has 0 bridgehead atoms. The van der Waals surface area contributed by atoms with Crippen LogP contribution in [0.4, 0.5) is 5.69 Å². The number of fused-ring (bicyclic) bond motifs is 1. The van der Waals surface area contributed by atoms with E-state index >= 15 is 0 Å². The molecule has 1 heterocycles. The molecule has 0 fully saturated rings. The minimum atomic E-state index is 0.822. The number of hydrogen-bond donors (Lipinski definition) is 1. The Balaban J connectivity index is 1.79. The number of nitrogens with zero attached hydrogens (tertiary/aromatic N) is 1. The molecule has 0 amide bonds. The van der Waals surface area contributed by atoms with Crippen molar-refractivity contribution in [2.45, 2.75) is 20.4 Å². The molecule has 1 aromatic heterocycles. The van der Waals surface area contributed by atoms with Crippen molar-refractivity contribution in [3.63, 3.8) is 0 Å². The van der Waals surface area contributed by atoms with Crippen molar-refractivity contribution in [1.82, 2.24) is 4.98 Å². The van der Waals surface area contributed by atoms with Crippen molar-refractivity contribution >= 4 is 16.6 Å². The molecule has 0 atom stereocenters. The van der Waals surface area contributed by atoms with Crippen LogP contribution in [0.5, 0.6) is 0 Å². The van der Waals surface area contributed by atoms with Gasteiger partial charge in [0.2, 0.25) is 0 Å². The predicted molar refractivity (Wildman–Crippen MR) is 85.0 cm³/mol. The largest absolute Gasteiger partial charge is 0.380 e. The average molecular weight is 262 g/mol. The molecule has 100 valence electrons. The van der Waals surface area contributed by atoms with Crippen molar-refractivity contribution in [1.29, 1.82) is 0 Å². The fourth-order valence-corrected chi connectivity index (χ4v) is 2.54. The third kappa shape index (κ3) is 2.80. The van der Waals surface area contributed by atoms with E-state index in [0.29, 0.717) is 0 Å². The highest BCUT2D eigenvalue weighted by Gasteiger charge is 1.99. The van der Waals surface area contributed by atoms with E-state index in [1.165, 1.54) is 16.7 Å². The van der Waals surface area contributed by atoms with Crippen LogP contribution >= 0.6 is 0 Å². The Morgan fingerprint density at radius 2 is 1.70 bits per heavy atom. The molecule has 1 N–H and O–H groups in total. The highest BCUT2D eigenvalue weighted by atomic mass is 14.9. The van der Waals surface area contributed by atoms with E-state index < -0.39 is 0 Å². The first kappa shape index (κ1) is 12.7. The van der Waals surface area contributed by atoms with Gasteiger partial charge in [0.25, 0.3) is 0 Å². The summed E-state index contributed by atoms with van der Waals surface area (Å²) in [6.07, 6.45) is 1.89. The molecule has 0 saturated carbocycles. The maximum Gasteiger partial charge on any atom is 0.0703 e. The number of hydrogen-bond acceptors (Lipinski definition) is 2. The zero-order chi connectivity index (χ0) is 13.9. The first-order valence-electron chi connectivity index (χ1n) is 6.86. The molecule has 0 aliphatic carbocycles. The maximum atomic E-state index is 4.47. The number of rotatable bonds is 3. The molecular formula is C18H18N2. The third-order valence-corrected chi connectivity index (χ3v) is 3.37. The van der Waals surface area contributed by atoms with Crippen molar-refractivity contribution in [3.8, 4) is 0 Å². The van der Waals surface area contributed by atoms with E-state index in [9.17, 15) is 0 Å². The van der Waals surface area contributed by atoms with E-state index in [2.05, 4.69) is 54.5 Å². The summed E-state index contributed by atoms with van der Waals surface area (Å²) in [5.41, 5.74) is 6.00. The van der Waals surface area contributed by atoms with Gasteiger partial charge in [0.1, 0.15) is 0 Å². The van der Waals surface area contributed by atoms with E-state index in [0.717, 1.165) is 23.1 Å². The quantitative estimate of drug-likeness (QED) is 0.753. The molecule has 0 spiro atoms. The molecule has 0 aliphatic heterocycles. The highest BCUT2D eigenvalue weighted by Crippen LogP contribution is 2.17. The van der Waals surface area contributed by atoms with Crippen LogP contribution in [0.2, 0.25) is 0 Å². The predicted octanol–water partition coefficient (Wildman–Crippen LogP) is 4.46. The lowest BCUT2D eigenvalue weighted by molar-refractivity contribution is 1.13. The van der Waals surface area contributed by atoms with Crippen LogP contribution < -0.4 is 5.32 Å².